The van der Waals surface area contributed by atoms with E-state index >= 15 is 0 Å². The molecular formula is C16H16. The molecule has 0 heteroatoms. The highest BCUT2D eigenvalue weighted by Gasteiger charge is 2.24. The molecule has 0 spiro atoms. The minimum Gasteiger partial charge on any atom is -0.0831 e. The zero-order valence-electron chi connectivity index (χ0n) is 9.83. The molecule has 0 amide bonds. The summed E-state index contributed by atoms with van der Waals surface area (Å²) in [5, 5.41) is 2.69. The van der Waals surface area contributed by atoms with E-state index in [4.69, 9.17) is 0 Å². The maximum Gasteiger partial charge on any atom is -0.00628 e. The first-order valence-corrected chi connectivity index (χ1v) is 5.87. The maximum atomic E-state index is 2.36. The summed E-state index contributed by atoms with van der Waals surface area (Å²) >= 11 is 0. The van der Waals surface area contributed by atoms with Crippen LogP contribution in [0, 0.1) is 0 Å². The summed E-state index contributed by atoms with van der Waals surface area (Å²) < 4.78 is 0. The van der Waals surface area contributed by atoms with Crippen molar-refractivity contribution < 1.29 is 0 Å². The van der Waals surface area contributed by atoms with E-state index in [1.54, 1.807) is 0 Å². The van der Waals surface area contributed by atoms with Gasteiger partial charge in [-0.2, -0.15) is 0 Å². The minimum absolute atomic E-state index is 0.272. The van der Waals surface area contributed by atoms with E-state index in [1.807, 2.05) is 0 Å². The molecule has 0 aliphatic heterocycles. The van der Waals surface area contributed by atoms with Crippen LogP contribution >= 0.6 is 0 Å². The molecule has 0 unspecified atom stereocenters. The number of allylic oxidation sites excluding steroid dienone is 1. The van der Waals surface area contributed by atoms with E-state index in [2.05, 4.69) is 62.4 Å². The zero-order chi connectivity index (χ0) is 11.2. The second-order valence-corrected chi connectivity index (χ2v) is 5.28. The molecule has 2 aromatic carbocycles. The summed E-state index contributed by atoms with van der Waals surface area (Å²) in [6.45, 7) is 4.65. The molecule has 0 saturated carbocycles. The van der Waals surface area contributed by atoms with Crippen molar-refractivity contribution in [2.75, 3.05) is 0 Å². The number of benzene rings is 2. The summed E-state index contributed by atoms with van der Waals surface area (Å²) in [7, 11) is 0. The first-order chi connectivity index (χ1) is 7.67. The Morgan fingerprint density at radius 2 is 1.69 bits per heavy atom. The van der Waals surface area contributed by atoms with Gasteiger partial charge in [0.1, 0.15) is 0 Å². The Morgan fingerprint density at radius 3 is 2.44 bits per heavy atom. The molecule has 16 heavy (non-hydrogen) atoms. The van der Waals surface area contributed by atoms with Crippen molar-refractivity contribution in [3.8, 4) is 0 Å². The van der Waals surface area contributed by atoms with Crippen molar-refractivity contribution in [1.82, 2.24) is 0 Å². The van der Waals surface area contributed by atoms with Crippen LogP contribution in [-0.2, 0) is 5.41 Å². The van der Waals surface area contributed by atoms with E-state index in [1.165, 1.54) is 21.9 Å². The van der Waals surface area contributed by atoms with Crippen LogP contribution in [0.2, 0.25) is 0 Å². The second kappa shape index (κ2) is 3.21. The van der Waals surface area contributed by atoms with Gasteiger partial charge in [0, 0.05) is 0 Å². The van der Waals surface area contributed by atoms with Crippen LogP contribution in [0.3, 0.4) is 0 Å². The molecule has 80 valence electrons. The van der Waals surface area contributed by atoms with Crippen LogP contribution in [0.5, 0.6) is 0 Å². The Hall–Kier alpha value is -1.56. The SMILES string of the molecule is CC1(C)CC=Cc2cc3ccccc3cc21. The molecule has 0 atom stereocenters. The van der Waals surface area contributed by atoms with Crippen LogP contribution in [-0.4, -0.2) is 0 Å². The second-order valence-electron chi connectivity index (χ2n) is 5.28. The van der Waals surface area contributed by atoms with Crippen LogP contribution in [0.4, 0.5) is 0 Å². The van der Waals surface area contributed by atoms with Crippen molar-refractivity contribution in [3.05, 3.63) is 53.6 Å². The van der Waals surface area contributed by atoms with Gasteiger partial charge in [-0.15, -0.1) is 0 Å². The van der Waals surface area contributed by atoms with Gasteiger partial charge in [0.2, 0.25) is 0 Å². The summed E-state index contributed by atoms with van der Waals surface area (Å²) in [5.74, 6) is 0. The number of fused-ring (bicyclic) bond motifs is 2. The van der Waals surface area contributed by atoms with Crippen molar-refractivity contribution >= 4 is 16.8 Å². The van der Waals surface area contributed by atoms with Gasteiger partial charge in [-0.1, -0.05) is 56.3 Å². The van der Waals surface area contributed by atoms with Gasteiger partial charge < -0.3 is 0 Å². The molecular weight excluding hydrogens is 192 g/mol. The van der Waals surface area contributed by atoms with Gasteiger partial charge >= 0.3 is 0 Å². The fourth-order valence-electron chi connectivity index (χ4n) is 2.57. The molecule has 1 aliphatic rings. The topological polar surface area (TPSA) is 0 Å². The van der Waals surface area contributed by atoms with E-state index in [-0.39, 0.29) is 5.41 Å². The van der Waals surface area contributed by atoms with Crippen molar-refractivity contribution in [1.29, 1.82) is 0 Å². The van der Waals surface area contributed by atoms with E-state index in [9.17, 15) is 0 Å². The molecule has 3 rings (SSSR count). The molecule has 0 radical (unpaired) electrons. The van der Waals surface area contributed by atoms with Crippen LogP contribution in [0.1, 0.15) is 31.4 Å². The van der Waals surface area contributed by atoms with E-state index in [0.717, 1.165) is 6.42 Å². The molecule has 0 nitrogen and oxygen atoms in total. The highest BCUT2D eigenvalue weighted by molar-refractivity contribution is 5.86. The number of rotatable bonds is 0. The normalized spacial score (nSPS) is 17.4. The number of hydrogen-bond donors (Lipinski definition) is 0. The summed E-state index contributed by atoms with van der Waals surface area (Å²) in [6, 6.07) is 13.3. The lowest BCUT2D eigenvalue weighted by Crippen LogP contribution is -2.19. The Labute approximate surface area is 96.6 Å². The highest BCUT2D eigenvalue weighted by atomic mass is 14.3. The third kappa shape index (κ3) is 1.37. The summed E-state index contributed by atoms with van der Waals surface area (Å²) in [6.07, 6.45) is 5.68. The van der Waals surface area contributed by atoms with Crippen LogP contribution < -0.4 is 0 Å². The molecule has 0 saturated heterocycles. The average molecular weight is 208 g/mol. The van der Waals surface area contributed by atoms with E-state index < -0.39 is 0 Å². The standard InChI is InChI=1S/C16H16/c1-16(2)9-5-8-14-10-12-6-3-4-7-13(12)11-15(14)16/h3-8,10-11H,9H2,1-2H3. The lowest BCUT2D eigenvalue weighted by Gasteiger charge is -2.29. The molecule has 1 aliphatic carbocycles. The van der Waals surface area contributed by atoms with Gasteiger partial charge in [0.05, 0.1) is 0 Å². The van der Waals surface area contributed by atoms with Gasteiger partial charge in [0.25, 0.3) is 0 Å². The number of hydrogen-bond acceptors (Lipinski definition) is 0. The lowest BCUT2D eigenvalue weighted by molar-refractivity contribution is 0.529. The Kier molecular flexibility index (Phi) is 1.94. The lowest BCUT2D eigenvalue weighted by atomic mass is 9.75. The first kappa shape index (κ1) is 9.65. The molecule has 0 heterocycles. The van der Waals surface area contributed by atoms with Gasteiger partial charge in [0.15, 0.2) is 0 Å². The van der Waals surface area contributed by atoms with Crippen LogP contribution in [0.25, 0.3) is 16.8 Å². The third-order valence-corrected chi connectivity index (χ3v) is 3.57. The summed E-state index contributed by atoms with van der Waals surface area (Å²) in [4.78, 5) is 0. The predicted molar refractivity (Wildman–Crippen MR) is 70.6 cm³/mol. The highest BCUT2D eigenvalue weighted by Crippen LogP contribution is 2.37. The average Bonchev–Trinajstić information content (AvgIpc) is 2.27. The summed E-state index contributed by atoms with van der Waals surface area (Å²) in [5.41, 5.74) is 3.14. The molecule has 0 fully saturated rings. The Morgan fingerprint density at radius 1 is 1.00 bits per heavy atom. The van der Waals surface area contributed by atoms with Crippen molar-refractivity contribution in [3.63, 3.8) is 0 Å². The molecule has 0 aromatic heterocycles. The fraction of sp³-hybridized carbons (Fsp3) is 0.250. The fourth-order valence-corrected chi connectivity index (χ4v) is 2.57. The van der Waals surface area contributed by atoms with Crippen molar-refractivity contribution in [2.45, 2.75) is 25.7 Å². The van der Waals surface area contributed by atoms with E-state index in [0.29, 0.717) is 0 Å². The van der Waals surface area contributed by atoms with Gasteiger partial charge in [-0.05, 0) is 39.8 Å². The molecule has 0 N–H and O–H groups in total. The largest absolute Gasteiger partial charge is 0.0831 e. The monoisotopic (exact) mass is 208 g/mol. The molecule has 0 bridgehead atoms. The third-order valence-electron chi connectivity index (χ3n) is 3.57. The van der Waals surface area contributed by atoms with Crippen molar-refractivity contribution in [2.24, 2.45) is 0 Å². The first-order valence-electron chi connectivity index (χ1n) is 5.87. The van der Waals surface area contributed by atoms with Gasteiger partial charge in [-0.3, -0.25) is 0 Å². The van der Waals surface area contributed by atoms with Crippen LogP contribution in [0.15, 0.2) is 42.5 Å². The predicted octanol–water partition coefficient (Wildman–Crippen LogP) is 4.53. The Balaban J connectivity index is 2.35. The van der Waals surface area contributed by atoms with Gasteiger partial charge in [-0.25, -0.2) is 0 Å². The Bertz CT molecular complexity index is 574. The zero-order valence-corrected chi connectivity index (χ0v) is 9.83. The maximum absolute atomic E-state index is 2.36. The smallest absolute Gasteiger partial charge is 0.00628 e. The molecule has 2 aromatic rings. The quantitative estimate of drug-likeness (QED) is 0.596. The minimum atomic E-state index is 0.272.